The van der Waals surface area contributed by atoms with Crippen molar-refractivity contribution in [3.8, 4) is 5.75 Å². The standard InChI is InChI=1S/C22H24ClFN4O6S/c23-19-8-7-17(35(32,33)25-9-3-11-28-10-2-6-21(28)30)13-18(19)22(31)27-26-20(29)14-34-16-5-1-4-15(24)12-16/h1,4-5,7-8,12-13,25H,2-3,6,9-11,14H2,(H,26,29)(H,27,31). The minimum Gasteiger partial charge on any atom is -0.484 e. The van der Waals surface area contributed by atoms with Crippen LogP contribution in [-0.2, 0) is 19.6 Å². The monoisotopic (exact) mass is 526 g/mol. The maximum Gasteiger partial charge on any atom is 0.276 e. The molecule has 0 radical (unpaired) electrons. The molecule has 35 heavy (non-hydrogen) atoms. The number of rotatable bonds is 10. The average molecular weight is 527 g/mol. The SMILES string of the molecule is O=C(COc1cccc(F)c1)NNC(=O)c1cc(S(=O)(=O)NCCCN2CCCC2=O)ccc1Cl. The minimum atomic E-state index is -3.95. The third kappa shape index (κ3) is 7.64. The predicted octanol–water partition coefficient (Wildman–Crippen LogP) is 1.61. The third-order valence-electron chi connectivity index (χ3n) is 5.04. The van der Waals surface area contributed by atoms with Crippen molar-refractivity contribution in [2.24, 2.45) is 0 Å². The van der Waals surface area contributed by atoms with Gasteiger partial charge in [-0.2, -0.15) is 0 Å². The molecule has 0 saturated carbocycles. The second kappa shape index (κ2) is 12.0. The van der Waals surface area contributed by atoms with Gasteiger partial charge in [-0.3, -0.25) is 25.2 Å². The molecular weight excluding hydrogens is 503 g/mol. The summed E-state index contributed by atoms with van der Waals surface area (Å²) in [5, 5.41) is -0.0285. The van der Waals surface area contributed by atoms with Gasteiger partial charge in [0.25, 0.3) is 11.8 Å². The van der Waals surface area contributed by atoms with E-state index in [-0.39, 0.29) is 33.7 Å². The van der Waals surface area contributed by atoms with E-state index in [2.05, 4.69) is 15.6 Å². The third-order valence-corrected chi connectivity index (χ3v) is 6.83. The van der Waals surface area contributed by atoms with Crippen molar-refractivity contribution >= 4 is 39.3 Å². The van der Waals surface area contributed by atoms with Crippen molar-refractivity contribution in [1.82, 2.24) is 20.5 Å². The Morgan fingerprint density at radius 3 is 2.66 bits per heavy atom. The lowest BCUT2D eigenvalue weighted by Gasteiger charge is -2.15. The van der Waals surface area contributed by atoms with E-state index in [0.29, 0.717) is 25.9 Å². The lowest BCUT2D eigenvalue weighted by molar-refractivity contribution is -0.127. The number of likely N-dealkylation sites (tertiary alicyclic amines) is 1. The number of hydrogen-bond donors (Lipinski definition) is 3. The normalized spacial score (nSPS) is 13.5. The van der Waals surface area contributed by atoms with Crippen LogP contribution in [-0.4, -0.2) is 57.3 Å². The topological polar surface area (TPSA) is 134 Å². The van der Waals surface area contributed by atoms with Gasteiger partial charge >= 0.3 is 0 Å². The van der Waals surface area contributed by atoms with Crippen molar-refractivity contribution in [2.75, 3.05) is 26.2 Å². The average Bonchev–Trinajstić information content (AvgIpc) is 3.23. The summed E-state index contributed by atoms with van der Waals surface area (Å²) in [5.41, 5.74) is 4.06. The molecule has 1 saturated heterocycles. The fraction of sp³-hybridized carbons (Fsp3) is 0.318. The molecule has 0 bridgehead atoms. The maximum atomic E-state index is 13.1. The van der Waals surface area contributed by atoms with Gasteiger partial charge in [0.2, 0.25) is 15.9 Å². The second-order valence-electron chi connectivity index (χ2n) is 7.63. The Morgan fingerprint density at radius 2 is 1.94 bits per heavy atom. The van der Waals surface area contributed by atoms with Gasteiger partial charge in [-0.15, -0.1) is 0 Å². The second-order valence-corrected chi connectivity index (χ2v) is 9.80. The highest BCUT2D eigenvalue weighted by Crippen LogP contribution is 2.20. The summed E-state index contributed by atoms with van der Waals surface area (Å²) in [5.74, 6) is -1.92. The van der Waals surface area contributed by atoms with Gasteiger partial charge in [-0.1, -0.05) is 17.7 Å². The fourth-order valence-corrected chi connectivity index (χ4v) is 4.58. The van der Waals surface area contributed by atoms with Crippen LogP contribution in [0, 0.1) is 5.82 Å². The number of benzene rings is 2. The van der Waals surface area contributed by atoms with E-state index in [1.54, 1.807) is 4.90 Å². The largest absolute Gasteiger partial charge is 0.484 e. The molecule has 3 N–H and O–H groups in total. The van der Waals surface area contributed by atoms with E-state index in [1.807, 2.05) is 0 Å². The minimum absolute atomic E-state index is 0.0285. The number of carbonyl (C=O) groups is 3. The van der Waals surface area contributed by atoms with Crippen molar-refractivity contribution in [2.45, 2.75) is 24.2 Å². The van der Waals surface area contributed by atoms with Crippen LogP contribution >= 0.6 is 11.6 Å². The molecule has 1 aliphatic heterocycles. The zero-order valence-corrected chi connectivity index (χ0v) is 20.1. The van der Waals surface area contributed by atoms with E-state index in [4.69, 9.17) is 16.3 Å². The van der Waals surface area contributed by atoms with Crippen LogP contribution in [0.3, 0.4) is 0 Å². The van der Waals surface area contributed by atoms with Gasteiger partial charge < -0.3 is 9.64 Å². The molecule has 2 aromatic rings. The van der Waals surface area contributed by atoms with Gasteiger partial charge in [0.1, 0.15) is 11.6 Å². The number of amides is 3. The van der Waals surface area contributed by atoms with Crippen molar-refractivity contribution in [3.63, 3.8) is 0 Å². The molecule has 0 unspecified atom stereocenters. The first kappa shape index (κ1) is 26.4. The molecule has 1 heterocycles. The molecule has 0 aliphatic carbocycles. The van der Waals surface area contributed by atoms with Gasteiger partial charge in [0, 0.05) is 32.1 Å². The van der Waals surface area contributed by atoms with Crippen LogP contribution in [0.1, 0.15) is 29.6 Å². The highest BCUT2D eigenvalue weighted by Gasteiger charge is 2.21. The highest BCUT2D eigenvalue weighted by molar-refractivity contribution is 7.89. The Kier molecular flexibility index (Phi) is 9.01. The van der Waals surface area contributed by atoms with Crippen LogP contribution in [0.4, 0.5) is 4.39 Å². The highest BCUT2D eigenvalue weighted by atomic mass is 35.5. The number of nitrogens with one attached hydrogen (secondary N) is 3. The Hall–Kier alpha value is -3.22. The molecule has 3 rings (SSSR count). The number of sulfonamides is 1. The molecule has 0 aromatic heterocycles. The van der Waals surface area contributed by atoms with Crippen LogP contribution in [0.2, 0.25) is 5.02 Å². The summed E-state index contributed by atoms with van der Waals surface area (Å²) in [6.07, 6.45) is 1.76. The molecule has 1 fully saturated rings. The number of ether oxygens (including phenoxy) is 1. The van der Waals surface area contributed by atoms with E-state index in [0.717, 1.165) is 18.6 Å². The van der Waals surface area contributed by atoms with E-state index in [9.17, 15) is 27.2 Å². The molecule has 188 valence electrons. The Labute approximate surface area is 206 Å². The molecule has 3 amide bonds. The summed E-state index contributed by atoms with van der Waals surface area (Å²) in [7, 11) is -3.95. The summed E-state index contributed by atoms with van der Waals surface area (Å²) in [6.45, 7) is 0.740. The summed E-state index contributed by atoms with van der Waals surface area (Å²) < 4.78 is 45.9. The lowest BCUT2D eigenvalue weighted by atomic mass is 10.2. The van der Waals surface area contributed by atoms with Gasteiger partial charge in [-0.25, -0.2) is 17.5 Å². The van der Waals surface area contributed by atoms with Gasteiger partial charge in [0.05, 0.1) is 15.5 Å². The number of nitrogens with zero attached hydrogens (tertiary/aromatic N) is 1. The summed E-state index contributed by atoms with van der Waals surface area (Å²) in [4.78, 5) is 37.5. The maximum absolute atomic E-state index is 13.1. The first-order valence-electron chi connectivity index (χ1n) is 10.7. The molecular formula is C22H24ClFN4O6S. The number of hydrazine groups is 1. The molecule has 2 aromatic carbocycles. The fourth-order valence-electron chi connectivity index (χ4n) is 3.28. The van der Waals surface area contributed by atoms with Crippen LogP contribution < -0.4 is 20.3 Å². The molecule has 0 atom stereocenters. The lowest BCUT2D eigenvalue weighted by Crippen LogP contribution is -2.44. The smallest absolute Gasteiger partial charge is 0.276 e. The Morgan fingerprint density at radius 1 is 1.14 bits per heavy atom. The molecule has 13 heteroatoms. The van der Waals surface area contributed by atoms with Crippen molar-refractivity contribution in [1.29, 1.82) is 0 Å². The molecule has 10 nitrogen and oxygen atoms in total. The van der Waals surface area contributed by atoms with Crippen LogP contribution in [0.5, 0.6) is 5.75 Å². The zero-order valence-electron chi connectivity index (χ0n) is 18.6. The quantitative estimate of drug-likeness (QED) is 0.318. The number of hydrogen-bond acceptors (Lipinski definition) is 6. The molecule has 1 aliphatic rings. The zero-order chi connectivity index (χ0) is 25.4. The first-order valence-corrected chi connectivity index (χ1v) is 12.6. The Balaban J connectivity index is 1.51. The Bertz CT molecular complexity index is 1210. The van der Waals surface area contributed by atoms with E-state index in [1.165, 1.54) is 30.3 Å². The molecule has 0 spiro atoms. The van der Waals surface area contributed by atoms with Crippen LogP contribution in [0.25, 0.3) is 0 Å². The summed E-state index contributed by atoms with van der Waals surface area (Å²) in [6, 6.07) is 8.77. The van der Waals surface area contributed by atoms with E-state index >= 15 is 0 Å². The van der Waals surface area contributed by atoms with Crippen molar-refractivity contribution < 1.29 is 31.9 Å². The van der Waals surface area contributed by atoms with Gasteiger partial charge in [-0.05, 0) is 43.2 Å². The number of halogens is 2. The number of carbonyl (C=O) groups excluding carboxylic acids is 3. The predicted molar refractivity (Wildman–Crippen MR) is 125 cm³/mol. The van der Waals surface area contributed by atoms with Crippen molar-refractivity contribution in [3.05, 3.63) is 58.9 Å². The first-order chi connectivity index (χ1) is 16.7. The van der Waals surface area contributed by atoms with Gasteiger partial charge in [0.15, 0.2) is 6.61 Å². The van der Waals surface area contributed by atoms with Crippen LogP contribution in [0.15, 0.2) is 47.4 Å². The summed E-state index contributed by atoms with van der Waals surface area (Å²) >= 11 is 6.04. The van der Waals surface area contributed by atoms with E-state index < -0.39 is 34.3 Å².